The van der Waals surface area contributed by atoms with Crippen LogP contribution in [-0.2, 0) is 7.05 Å². The number of hydrogen-bond acceptors (Lipinski definition) is 3. The van der Waals surface area contributed by atoms with Gasteiger partial charge in [0, 0.05) is 18.8 Å². The number of aromatic nitrogens is 2. The van der Waals surface area contributed by atoms with E-state index in [1.807, 2.05) is 62.5 Å². The van der Waals surface area contributed by atoms with Gasteiger partial charge in [-0.25, -0.2) is 4.98 Å². The van der Waals surface area contributed by atoms with Gasteiger partial charge in [0.05, 0.1) is 16.7 Å². The number of aromatic hydroxyl groups is 1. The van der Waals surface area contributed by atoms with Gasteiger partial charge in [0.2, 0.25) is 0 Å². The van der Waals surface area contributed by atoms with Crippen LogP contribution < -0.4 is 0 Å². The van der Waals surface area contributed by atoms with Crippen LogP contribution in [0.4, 0.5) is 5.69 Å². The van der Waals surface area contributed by atoms with Gasteiger partial charge in [0.15, 0.2) is 0 Å². The fourth-order valence-electron chi connectivity index (χ4n) is 2.95. The molecule has 4 heteroatoms. The molecule has 0 spiro atoms. The predicted molar refractivity (Wildman–Crippen MR) is 98.3 cm³/mol. The van der Waals surface area contributed by atoms with Gasteiger partial charge in [0.1, 0.15) is 11.6 Å². The molecule has 0 aliphatic carbocycles. The Morgan fingerprint density at radius 2 is 1.92 bits per heavy atom. The summed E-state index contributed by atoms with van der Waals surface area (Å²) >= 11 is 0. The van der Waals surface area contributed by atoms with Crippen LogP contribution in [0.25, 0.3) is 21.8 Å². The molecule has 0 bridgehead atoms. The van der Waals surface area contributed by atoms with Gasteiger partial charge < -0.3 is 9.67 Å². The molecule has 24 heavy (non-hydrogen) atoms. The number of rotatable bonds is 2. The molecule has 0 saturated carbocycles. The van der Waals surface area contributed by atoms with E-state index in [-0.39, 0.29) is 5.75 Å². The molecule has 0 amide bonds. The summed E-state index contributed by atoms with van der Waals surface area (Å²) in [5.74, 6) is 1.20. The second-order valence-corrected chi connectivity index (χ2v) is 5.87. The molecule has 0 fully saturated rings. The number of phenols is 1. The van der Waals surface area contributed by atoms with Crippen LogP contribution in [0, 0.1) is 6.92 Å². The highest BCUT2D eigenvalue weighted by Gasteiger charge is 2.06. The number of imidazole rings is 1. The Kier molecular flexibility index (Phi) is 3.31. The lowest BCUT2D eigenvalue weighted by Crippen LogP contribution is -1.89. The van der Waals surface area contributed by atoms with Crippen LogP contribution in [0.2, 0.25) is 0 Å². The molecule has 0 aliphatic rings. The molecule has 0 atom stereocenters. The number of fused-ring (bicyclic) bond motifs is 2. The Hall–Kier alpha value is -3.14. The van der Waals surface area contributed by atoms with E-state index in [2.05, 4.69) is 14.5 Å². The highest BCUT2D eigenvalue weighted by molar-refractivity contribution is 6.03. The van der Waals surface area contributed by atoms with Crippen molar-refractivity contribution >= 4 is 33.7 Å². The van der Waals surface area contributed by atoms with Gasteiger partial charge in [-0.1, -0.05) is 30.3 Å². The summed E-state index contributed by atoms with van der Waals surface area (Å²) < 4.78 is 2.05. The Bertz CT molecular complexity index is 1090. The normalized spacial score (nSPS) is 11.8. The summed E-state index contributed by atoms with van der Waals surface area (Å²) in [5, 5.41) is 12.2. The first kappa shape index (κ1) is 14.5. The zero-order chi connectivity index (χ0) is 16.7. The van der Waals surface area contributed by atoms with E-state index in [4.69, 9.17) is 0 Å². The van der Waals surface area contributed by atoms with Gasteiger partial charge in [-0.3, -0.25) is 4.99 Å². The van der Waals surface area contributed by atoms with Crippen LogP contribution in [-0.4, -0.2) is 20.9 Å². The number of benzene rings is 3. The van der Waals surface area contributed by atoms with Gasteiger partial charge in [-0.15, -0.1) is 0 Å². The molecular formula is C20H17N3O. The molecule has 4 aromatic rings. The topological polar surface area (TPSA) is 50.4 Å². The third-order valence-electron chi connectivity index (χ3n) is 4.38. The molecule has 4 rings (SSSR count). The third-order valence-corrected chi connectivity index (χ3v) is 4.38. The maximum atomic E-state index is 10.2. The van der Waals surface area contributed by atoms with E-state index in [0.29, 0.717) is 0 Å². The molecule has 1 aromatic heterocycles. The van der Waals surface area contributed by atoms with Gasteiger partial charge >= 0.3 is 0 Å². The van der Waals surface area contributed by atoms with Crippen molar-refractivity contribution in [1.82, 2.24) is 9.55 Å². The fraction of sp³-hybridized carbons (Fsp3) is 0.100. The predicted octanol–water partition coefficient (Wildman–Crippen LogP) is 4.49. The van der Waals surface area contributed by atoms with Gasteiger partial charge in [-0.2, -0.15) is 0 Å². The zero-order valence-electron chi connectivity index (χ0n) is 13.6. The summed E-state index contributed by atoms with van der Waals surface area (Å²) in [6.07, 6.45) is 1.72. The van der Waals surface area contributed by atoms with E-state index in [0.717, 1.165) is 38.9 Å². The quantitative estimate of drug-likeness (QED) is 0.554. The average molecular weight is 315 g/mol. The highest BCUT2D eigenvalue weighted by Crippen LogP contribution is 2.27. The lowest BCUT2D eigenvalue weighted by Gasteiger charge is -2.04. The van der Waals surface area contributed by atoms with E-state index in [1.54, 1.807) is 12.3 Å². The first-order valence-electron chi connectivity index (χ1n) is 7.81. The van der Waals surface area contributed by atoms with Crippen molar-refractivity contribution < 1.29 is 5.11 Å². The number of aryl methyl sites for hydroxylation is 2. The molecule has 0 radical (unpaired) electrons. The highest BCUT2D eigenvalue weighted by atomic mass is 16.3. The van der Waals surface area contributed by atoms with Crippen LogP contribution in [0.1, 0.15) is 11.4 Å². The average Bonchev–Trinajstić information content (AvgIpc) is 2.88. The Balaban J connectivity index is 1.79. The minimum Gasteiger partial charge on any atom is -0.507 e. The largest absolute Gasteiger partial charge is 0.507 e. The van der Waals surface area contributed by atoms with E-state index in [1.165, 1.54) is 0 Å². The molecule has 3 aromatic carbocycles. The zero-order valence-corrected chi connectivity index (χ0v) is 13.6. The minimum absolute atomic E-state index is 0.229. The van der Waals surface area contributed by atoms with Gasteiger partial charge in [-0.05, 0) is 42.0 Å². The Morgan fingerprint density at radius 1 is 1.08 bits per heavy atom. The van der Waals surface area contributed by atoms with Crippen LogP contribution in [0.3, 0.4) is 0 Å². The molecule has 4 nitrogen and oxygen atoms in total. The van der Waals surface area contributed by atoms with Crippen LogP contribution in [0.5, 0.6) is 5.75 Å². The number of aliphatic imine (C=N–C) groups is 1. The number of hydrogen-bond donors (Lipinski definition) is 1. The van der Waals surface area contributed by atoms with Crippen LogP contribution >= 0.6 is 0 Å². The van der Waals surface area contributed by atoms with E-state index >= 15 is 0 Å². The van der Waals surface area contributed by atoms with Crippen molar-refractivity contribution in [2.24, 2.45) is 12.0 Å². The number of nitrogens with zero attached hydrogens (tertiary/aromatic N) is 3. The first-order chi connectivity index (χ1) is 11.6. The molecule has 118 valence electrons. The summed E-state index contributed by atoms with van der Waals surface area (Å²) in [6.45, 7) is 1.98. The maximum Gasteiger partial charge on any atom is 0.124 e. The van der Waals surface area contributed by atoms with Crippen LogP contribution in [0.15, 0.2) is 59.6 Å². The summed E-state index contributed by atoms with van der Waals surface area (Å²) in [7, 11) is 2.00. The monoisotopic (exact) mass is 315 g/mol. The lowest BCUT2D eigenvalue weighted by atomic mass is 10.0. The van der Waals surface area contributed by atoms with Crippen molar-refractivity contribution in [3.63, 3.8) is 0 Å². The second-order valence-electron chi connectivity index (χ2n) is 5.87. The summed E-state index contributed by atoms with van der Waals surface area (Å²) in [6, 6.07) is 17.5. The van der Waals surface area contributed by atoms with Crippen molar-refractivity contribution in [3.8, 4) is 5.75 Å². The van der Waals surface area contributed by atoms with E-state index in [9.17, 15) is 5.11 Å². The molecule has 0 unspecified atom stereocenters. The van der Waals surface area contributed by atoms with Crippen molar-refractivity contribution in [1.29, 1.82) is 0 Å². The number of phenolic OH excluding ortho intramolecular Hbond substituents is 1. The fourth-order valence-corrected chi connectivity index (χ4v) is 2.95. The molecular weight excluding hydrogens is 298 g/mol. The summed E-state index contributed by atoms with van der Waals surface area (Å²) in [4.78, 5) is 9.08. The maximum absolute atomic E-state index is 10.2. The lowest BCUT2D eigenvalue weighted by molar-refractivity contribution is 0.475. The standard InChI is InChI=1S/C20H17N3O/c1-13-22-18-11-15(8-9-19(18)23(13)2)21-12-17-16-6-4-3-5-14(16)7-10-20(17)24/h3-12,24H,1-2H3. The van der Waals surface area contributed by atoms with Crippen molar-refractivity contribution in [2.45, 2.75) is 6.92 Å². The first-order valence-corrected chi connectivity index (χ1v) is 7.81. The SMILES string of the molecule is Cc1nc2cc(N=Cc3c(O)ccc4ccccc34)ccc2n1C. The third kappa shape index (κ3) is 2.33. The molecule has 1 N–H and O–H groups in total. The smallest absolute Gasteiger partial charge is 0.124 e. The molecule has 0 aliphatic heterocycles. The second kappa shape index (κ2) is 5.49. The molecule has 1 heterocycles. The summed E-state index contributed by atoms with van der Waals surface area (Å²) in [5.41, 5.74) is 3.55. The Morgan fingerprint density at radius 3 is 2.79 bits per heavy atom. The molecule has 0 saturated heterocycles. The van der Waals surface area contributed by atoms with E-state index < -0.39 is 0 Å². The van der Waals surface area contributed by atoms with Crippen molar-refractivity contribution in [3.05, 3.63) is 66.0 Å². The Labute approximate surface area is 139 Å². The van der Waals surface area contributed by atoms with Crippen molar-refractivity contribution in [2.75, 3.05) is 0 Å². The van der Waals surface area contributed by atoms with Gasteiger partial charge in [0.25, 0.3) is 0 Å². The minimum atomic E-state index is 0.229.